The van der Waals surface area contributed by atoms with Crippen molar-refractivity contribution in [2.75, 3.05) is 27.4 Å². The van der Waals surface area contributed by atoms with Gasteiger partial charge in [-0.1, -0.05) is 12.1 Å². The fraction of sp³-hybridized carbons (Fsp3) is 0.538. The van der Waals surface area contributed by atoms with Gasteiger partial charge in [0.05, 0.1) is 13.7 Å². The Bertz CT molecular complexity index is 346. The Labute approximate surface area is 102 Å². The van der Waals surface area contributed by atoms with E-state index in [-0.39, 0.29) is 6.61 Å². The van der Waals surface area contributed by atoms with E-state index >= 15 is 0 Å². The second-order valence-corrected chi connectivity index (χ2v) is 4.02. The third-order valence-electron chi connectivity index (χ3n) is 2.74. The molecule has 0 bridgehead atoms. The van der Waals surface area contributed by atoms with Gasteiger partial charge in [-0.3, -0.25) is 0 Å². The number of benzene rings is 1. The first-order valence-electron chi connectivity index (χ1n) is 5.69. The minimum atomic E-state index is -1.50. The SMILES string of the molecule is COCC(F)(CCCN)c1cccc(OC)c1. The summed E-state index contributed by atoms with van der Waals surface area (Å²) in [5, 5.41) is 0. The molecule has 0 fully saturated rings. The van der Waals surface area contributed by atoms with E-state index < -0.39 is 5.67 Å². The molecule has 0 spiro atoms. The predicted molar refractivity (Wildman–Crippen MR) is 65.9 cm³/mol. The van der Waals surface area contributed by atoms with E-state index in [9.17, 15) is 4.39 Å². The summed E-state index contributed by atoms with van der Waals surface area (Å²) in [5.74, 6) is 0.647. The Morgan fingerprint density at radius 3 is 2.71 bits per heavy atom. The van der Waals surface area contributed by atoms with Gasteiger partial charge in [-0.15, -0.1) is 0 Å². The van der Waals surface area contributed by atoms with Crippen molar-refractivity contribution in [1.82, 2.24) is 0 Å². The van der Waals surface area contributed by atoms with Crippen LogP contribution < -0.4 is 10.5 Å². The van der Waals surface area contributed by atoms with E-state index in [1.807, 2.05) is 0 Å². The summed E-state index contributed by atoms with van der Waals surface area (Å²) < 4.78 is 24.9. The third kappa shape index (κ3) is 3.68. The van der Waals surface area contributed by atoms with Crippen LogP contribution in [0.4, 0.5) is 4.39 Å². The smallest absolute Gasteiger partial charge is 0.159 e. The van der Waals surface area contributed by atoms with Crippen LogP contribution in [0.1, 0.15) is 18.4 Å². The van der Waals surface area contributed by atoms with Crippen LogP contribution >= 0.6 is 0 Å². The molecule has 0 aliphatic heterocycles. The number of hydrogen-bond donors (Lipinski definition) is 1. The Balaban J connectivity index is 2.94. The predicted octanol–water partition coefficient (Wildman–Crippen LogP) is 2.25. The summed E-state index contributed by atoms with van der Waals surface area (Å²) in [7, 11) is 3.06. The van der Waals surface area contributed by atoms with E-state index in [0.717, 1.165) is 0 Å². The summed E-state index contributed by atoms with van der Waals surface area (Å²) in [5.41, 5.74) is 4.51. The van der Waals surface area contributed by atoms with Crippen molar-refractivity contribution >= 4 is 0 Å². The molecular formula is C13H20FNO2. The standard InChI is InChI=1S/C13H20FNO2/c1-16-10-13(14,7-4-8-15)11-5-3-6-12(9-11)17-2/h3,5-6,9H,4,7-8,10,15H2,1-2H3. The van der Waals surface area contributed by atoms with Crippen LogP contribution in [0.5, 0.6) is 5.75 Å². The number of halogens is 1. The summed E-state index contributed by atoms with van der Waals surface area (Å²) in [6, 6.07) is 7.02. The lowest BCUT2D eigenvalue weighted by Gasteiger charge is -2.25. The zero-order chi connectivity index (χ0) is 12.7. The van der Waals surface area contributed by atoms with Crippen molar-refractivity contribution < 1.29 is 13.9 Å². The Morgan fingerprint density at radius 1 is 1.35 bits per heavy atom. The molecule has 96 valence electrons. The van der Waals surface area contributed by atoms with Crippen LogP contribution in [0.3, 0.4) is 0 Å². The third-order valence-corrected chi connectivity index (χ3v) is 2.74. The van der Waals surface area contributed by atoms with Gasteiger partial charge in [-0.05, 0) is 37.1 Å². The van der Waals surface area contributed by atoms with Gasteiger partial charge in [0.25, 0.3) is 0 Å². The fourth-order valence-corrected chi connectivity index (χ4v) is 1.81. The number of nitrogens with two attached hydrogens (primary N) is 1. The van der Waals surface area contributed by atoms with Gasteiger partial charge in [-0.2, -0.15) is 0 Å². The van der Waals surface area contributed by atoms with E-state index in [2.05, 4.69) is 0 Å². The summed E-state index contributed by atoms with van der Waals surface area (Å²) in [4.78, 5) is 0. The van der Waals surface area contributed by atoms with Crippen molar-refractivity contribution in [3.05, 3.63) is 29.8 Å². The summed E-state index contributed by atoms with van der Waals surface area (Å²) in [6.07, 6.45) is 0.974. The first-order chi connectivity index (χ1) is 8.16. The molecule has 0 aliphatic rings. The van der Waals surface area contributed by atoms with Crippen molar-refractivity contribution in [1.29, 1.82) is 0 Å². The first kappa shape index (κ1) is 13.9. The monoisotopic (exact) mass is 241 g/mol. The number of methoxy groups -OCH3 is 2. The average molecular weight is 241 g/mol. The van der Waals surface area contributed by atoms with Gasteiger partial charge in [0, 0.05) is 7.11 Å². The van der Waals surface area contributed by atoms with Gasteiger partial charge in [-0.25, -0.2) is 4.39 Å². The largest absolute Gasteiger partial charge is 0.497 e. The van der Waals surface area contributed by atoms with Crippen molar-refractivity contribution in [3.8, 4) is 5.75 Å². The van der Waals surface area contributed by atoms with Crippen LogP contribution in [0.15, 0.2) is 24.3 Å². The zero-order valence-corrected chi connectivity index (χ0v) is 10.4. The van der Waals surface area contributed by atoms with Gasteiger partial charge in [0.15, 0.2) is 5.67 Å². The molecule has 3 nitrogen and oxygen atoms in total. The van der Waals surface area contributed by atoms with Crippen LogP contribution in [0.25, 0.3) is 0 Å². The maximum absolute atomic E-state index is 14.8. The molecule has 0 aromatic heterocycles. The minimum Gasteiger partial charge on any atom is -0.497 e. The second kappa shape index (κ2) is 6.57. The van der Waals surface area contributed by atoms with E-state index in [1.54, 1.807) is 31.4 Å². The van der Waals surface area contributed by atoms with Gasteiger partial charge < -0.3 is 15.2 Å². The molecular weight excluding hydrogens is 221 g/mol. The lowest BCUT2D eigenvalue weighted by atomic mass is 9.91. The highest BCUT2D eigenvalue weighted by Crippen LogP contribution is 2.33. The molecule has 4 heteroatoms. The van der Waals surface area contributed by atoms with Crippen molar-refractivity contribution in [2.24, 2.45) is 5.73 Å². The van der Waals surface area contributed by atoms with Crippen molar-refractivity contribution in [3.63, 3.8) is 0 Å². The topological polar surface area (TPSA) is 44.5 Å². The molecule has 0 aliphatic carbocycles. The maximum Gasteiger partial charge on any atom is 0.159 e. The molecule has 1 rings (SSSR count). The molecule has 0 radical (unpaired) electrons. The number of ether oxygens (including phenoxy) is 2. The quantitative estimate of drug-likeness (QED) is 0.796. The number of rotatable bonds is 7. The van der Waals surface area contributed by atoms with Crippen LogP contribution in [-0.4, -0.2) is 27.4 Å². The lowest BCUT2D eigenvalue weighted by molar-refractivity contribution is 0.0302. The van der Waals surface area contributed by atoms with Crippen LogP contribution in [0.2, 0.25) is 0 Å². The van der Waals surface area contributed by atoms with Gasteiger partial charge in [0.1, 0.15) is 5.75 Å². The summed E-state index contributed by atoms with van der Waals surface area (Å²) in [6.45, 7) is 0.500. The zero-order valence-electron chi connectivity index (χ0n) is 10.4. The van der Waals surface area contributed by atoms with E-state index in [1.165, 1.54) is 7.11 Å². The van der Waals surface area contributed by atoms with Crippen LogP contribution in [0, 0.1) is 0 Å². The fourth-order valence-electron chi connectivity index (χ4n) is 1.81. The van der Waals surface area contributed by atoms with Crippen molar-refractivity contribution in [2.45, 2.75) is 18.5 Å². The molecule has 2 N–H and O–H groups in total. The minimum absolute atomic E-state index is 0.0279. The van der Waals surface area contributed by atoms with Gasteiger partial charge >= 0.3 is 0 Å². The normalized spacial score (nSPS) is 14.4. The maximum atomic E-state index is 14.8. The molecule has 17 heavy (non-hydrogen) atoms. The Hall–Kier alpha value is -1.13. The Kier molecular flexibility index (Phi) is 5.38. The molecule has 0 saturated carbocycles. The number of alkyl halides is 1. The highest BCUT2D eigenvalue weighted by Gasteiger charge is 2.31. The Morgan fingerprint density at radius 2 is 2.12 bits per heavy atom. The lowest BCUT2D eigenvalue weighted by Crippen LogP contribution is -2.27. The van der Waals surface area contributed by atoms with E-state index in [4.69, 9.17) is 15.2 Å². The molecule has 0 heterocycles. The summed E-state index contributed by atoms with van der Waals surface area (Å²) >= 11 is 0. The highest BCUT2D eigenvalue weighted by molar-refractivity contribution is 5.32. The molecule has 0 amide bonds. The number of hydrogen-bond acceptors (Lipinski definition) is 3. The van der Waals surface area contributed by atoms with Crippen LogP contribution in [-0.2, 0) is 10.4 Å². The molecule has 1 unspecified atom stereocenters. The molecule has 1 aromatic carbocycles. The molecule has 1 atom stereocenters. The molecule has 0 saturated heterocycles. The average Bonchev–Trinajstić information content (AvgIpc) is 2.37. The van der Waals surface area contributed by atoms with E-state index in [0.29, 0.717) is 30.7 Å². The molecule has 1 aromatic rings. The van der Waals surface area contributed by atoms with Gasteiger partial charge in [0.2, 0.25) is 0 Å². The second-order valence-electron chi connectivity index (χ2n) is 4.02. The highest BCUT2D eigenvalue weighted by atomic mass is 19.1. The first-order valence-corrected chi connectivity index (χ1v) is 5.69.